The molecule has 100 valence electrons. The van der Waals surface area contributed by atoms with Crippen LogP contribution in [0.3, 0.4) is 0 Å². The summed E-state index contributed by atoms with van der Waals surface area (Å²) in [7, 11) is 0. The Morgan fingerprint density at radius 2 is 2.00 bits per heavy atom. The molecule has 4 heteroatoms. The number of halogens is 2. The SMILES string of the molecule is CCOc1ccccc1C(N)c1ccc(F)c(Br)c1. The third kappa shape index (κ3) is 3.14. The molecule has 2 aromatic rings. The lowest BCUT2D eigenvalue weighted by Gasteiger charge is -2.17. The Bertz CT molecular complexity index is 574. The molecule has 0 spiro atoms. The zero-order valence-electron chi connectivity index (χ0n) is 10.6. The lowest BCUT2D eigenvalue weighted by molar-refractivity contribution is 0.335. The van der Waals surface area contributed by atoms with E-state index in [1.807, 2.05) is 31.2 Å². The number of rotatable bonds is 4. The molecule has 0 aliphatic carbocycles. The van der Waals surface area contributed by atoms with E-state index in [0.717, 1.165) is 16.9 Å². The summed E-state index contributed by atoms with van der Waals surface area (Å²) in [6.07, 6.45) is 0. The summed E-state index contributed by atoms with van der Waals surface area (Å²) < 4.78 is 19.2. The molecule has 2 N–H and O–H groups in total. The van der Waals surface area contributed by atoms with Gasteiger partial charge in [0, 0.05) is 5.56 Å². The molecule has 0 fully saturated rings. The molecule has 19 heavy (non-hydrogen) atoms. The lowest BCUT2D eigenvalue weighted by atomic mass is 9.99. The molecular weight excluding hydrogens is 309 g/mol. The summed E-state index contributed by atoms with van der Waals surface area (Å²) in [5, 5.41) is 0. The van der Waals surface area contributed by atoms with Gasteiger partial charge in [-0.3, -0.25) is 0 Å². The van der Waals surface area contributed by atoms with Crippen molar-refractivity contribution < 1.29 is 9.13 Å². The maximum atomic E-state index is 13.3. The van der Waals surface area contributed by atoms with E-state index < -0.39 is 0 Å². The molecule has 1 atom stereocenters. The van der Waals surface area contributed by atoms with Crippen LogP contribution in [0.5, 0.6) is 5.75 Å². The van der Waals surface area contributed by atoms with Crippen molar-refractivity contribution in [3.8, 4) is 5.75 Å². The molecule has 0 bridgehead atoms. The highest BCUT2D eigenvalue weighted by Gasteiger charge is 2.15. The summed E-state index contributed by atoms with van der Waals surface area (Å²) in [4.78, 5) is 0. The molecule has 0 radical (unpaired) electrons. The van der Waals surface area contributed by atoms with Gasteiger partial charge in [-0.1, -0.05) is 24.3 Å². The van der Waals surface area contributed by atoms with Crippen molar-refractivity contribution in [1.82, 2.24) is 0 Å². The molecule has 2 rings (SSSR count). The fourth-order valence-corrected chi connectivity index (χ4v) is 2.31. The van der Waals surface area contributed by atoms with Crippen molar-refractivity contribution in [3.05, 3.63) is 63.9 Å². The first-order valence-electron chi connectivity index (χ1n) is 6.05. The van der Waals surface area contributed by atoms with Crippen LogP contribution in [0.2, 0.25) is 0 Å². The van der Waals surface area contributed by atoms with Gasteiger partial charge in [-0.05, 0) is 46.6 Å². The molecule has 0 heterocycles. The van der Waals surface area contributed by atoms with E-state index in [9.17, 15) is 4.39 Å². The minimum atomic E-state index is -0.348. The Labute approximate surface area is 120 Å². The third-order valence-electron chi connectivity index (χ3n) is 2.86. The predicted octanol–water partition coefficient (Wildman–Crippen LogP) is 4.04. The minimum absolute atomic E-state index is 0.297. The van der Waals surface area contributed by atoms with Gasteiger partial charge in [0.1, 0.15) is 11.6 Å². The second-order valence-electron chi connectivity index (χ2n) is 4.12. The highest BCUT2D eigenvalue weighted by atomic mass is 79.9. The zero-order valence-corrected chi connectivity index (χ0v) is 12.2. The Hall–Kier alpha value is -1.39. The van der Waals surface area contributed by atoms with Crippen LogP contribution < -0.4 is 10.5 Å². The largest absolute Gasteiger partial charge is 0.494 e. The third-order valence-corrected chi connectivity index (χ3v) is 3.46. The van der Waals surface area contributed by atoms with Gasteiger partial charge in [0.25, 0.3) is 0 Å². The number of benzene rings is 2. The molecule has 0 aliphatic heterocycles. The monoisotopic (exact) mass is 323 g/mol. The quantitative estimate of drug-likeness (QED) is 0.921. The van der Waals surface area contributed by atoms with E-state index in [-0.39, 0.29) is 11.9 Å². The highest BCUT2D eigenvalue weighted by molar-refractivity contribution is 9.10. The normalized spacial score (nSPS) is 12.2. The summed E-state index contributed by atoms with van der Waals surface area (Å²) in [6.45, 7) is 2.51. The fraction of sp³-hybridized carbons (Fsp3) is 0.200. The summed E-state index contributed by atoms with van der Waals surface area (Å²) in [6, 6.07) is 12.1. The van der Waals surface area contributed by atoms with Crippen molar-refractivity contribution in [3.63, 3.8) is 0 Å². The Kier molecular flexibility index (Phi) is 4.56. The van der Waals surface area contributed by atoms with Gasteiger partial charge in [-0.15, -0.1) is 0 Å². The smallest absolute Gasteiger partial charge is 0.137 e. The zero-order chi connectivity index (χ0) is 13.8. The second kappa shape index (κ2) is 6.17. The number of hydrogen-bond donors (Lipinski definition) is 1. The van der Waals surface area contributed by atoms with Gasteiger partial charge in [0.05, 0.1) is 17.1 Å². The van der Waals surface area contributed by atoms with Crippen molar-refractivity contribution >= 4 is 15.9 Å². The maximum Gasteiger partial charge on any atom is 0.137 e. The molecule has 0 saturated carbocycles. The topological polar surface area (TPSA) is 35.2 Å². The van der Waals surface area contributed by atoms with E-state index >= 15 is 0 Å². The first-order chi connectivity index (χ1) is 9.13. The molecule has 2 nitrogen and oxygen atoms in total. The van der Waals surface area contributed by atoms with Crippen LogP contribution in [0.15, 0.2) is 46.9 Å². The number of para-hydroxylation sites is 1. The van der Waals surface area contributed by atoms with Gasteiger partial charge >= 0.3 is 0 Å². The van der Waals surface area contributed by atoms with Gasteiger partial charge < -0.3 is 10.5 Å². The summed E-state index contributed by atoms with van der Waals surface area (Å²) in [5.41, 5.74) is 7.97. The van der Waals surface area contributed by atoms with E-state index in [4.69, 9.17) is 10.5 Å². The molecular formula is C15H15BrFNO. The maximum absolute atomic E-state index is 13.3. The van der Waals surface area contributed by atoms with Gasteiger partial charge in [0.2, 0.25) is 0 Å². The predicted molar refractivity (Wildman–Crippen MR) is 77.7 cm³/mol. The first kappa shape index (κ1) is 14.0. The van der Waals surface area contributed by atoms with Gasteiger partial charge in [-0.25, -0.2) is 4.39 Å². The van der Waals surface area contributed by atoms with Crippen molar-refractivity contribution in [2.75, 3.05) is 6.61 Å². The van der Waals surface area contributed by atoms with E-state index in [1.54, 1.807) is 12.1 Å². The van der Waals surface area contributed by atoms with Gasteiger partial charge in [0.15, 0.2) is 0 Å². The van der Waals surface area contributed by atoms with E-state index in [0.29, 0.717) is 11.1 Å². The lowest BCUT2D eigenvalue weighted by Crippen LogP contribution is -2.13. The Balaban J connectivity index is 2.37. The van der Waals surface area contributed by atoms with Crippen LogP contribution in [0.4, 0.5) is 4.39 Å². The van der Waals surface area contributed by atoms with Crippen molar-refractivity contribution in [2.24, 2.45) is 5.73 Å². The number of ether oxygens (including phenoxy) is 1. The highest BCUT2D eigenvalue weighted by Crippen LogP contribution is 2.30. The molecule has 0 aliphatic rings. The minimum Gasteiger partial charge on any atom is -0.494 e. The summed E-state index contributed by atoms with van der Waals surface area (Å²) in [5.74, 6) is 0.465. The van der Waals surface area contributed by atoms with Crippen LogP contribution in [0.25, 0.3) is 0 Å². The standard InChI is InChI=1S/C15H15BrFNO/c1-2-19-14-6-4-3-5-11(14)15(18)10-7-8-13(17)12(16)9-10/h3-9,15H,2,18H2,1H3. The average Bonchev–Trinajstić information content (AvgIpc) is 2.42. The van der Waals surface area contributed by atoms with E-state index in [2.05, 4.69) is 15.9 Å². The van der Waals surface area contributed by atoms with E-state index in [1.165, 1.54) is 6.07 Å². The number of nitrogens with two attached hydrogens (primary N) is 1. The number of hydrogen-bond acceptors (Lipinski definition) is 2. The molecule has 0 amide bonds. The van der Waals surface area contributed by atoms with Crippen LogP contribution in [-0.2, 0) is 0 Å². The second-order valence-corrected chi connectivity index (χ2v) is 4.98. The van der Waals surface area contributed by atoms with Crippen LogP contribution in [0, 0.1) is 5.82 Å². The Morgan fingerprint density at radius 3 is 2.68 bits per heavy atom. The molecule has 2 aromatic carbocycles. The molecule has 0 saturated heterocycles. The average molecular weight is 324 g/mol. The molecule has 1 unspecified atom stereocenters. The van der Waals surface area contributed by atoms with Gasteiger partial charge in [-0.2, -0.15) is 0 Å². The Morgan fingerprint density at radius 1 is 1.26 bits per heavy atom. The summed E-state index contributed by atoms with van der Waals surface area (Å²) >= 11 is 3.17. The fourth-order valence-electron chi connectivity index (χ4n) is 1.91. The first-order valence-corrected chi connectivity index (χ1v) is 6.85. The van der Waals surface area contributed by atoms with Crippen LogP contribution in [-0.4, -0.2) is 6.61 Å². The molecule has 0 aromatic heterocycles. The van der Waals surface area contributed by atoms with Crippen molar-refractivity contribution in [1.29, 1.82) is 0 Å². The van der Waals surface area contributed by atoms with Crippen molar-refractivity contribution in [2.45, 2.75) is 13.0 Å². The van der Waals surface area contributed by atoms with Crippen LogP contribution in [0.1, 0.15) is 24.1 Å². The van der Waals surface area contributed by atoms with Crippen LogP contribution >= 0.6 is 15.9 Å².